The summed E-state index contributed by atoms with van der Waals surface area (Å²) in [5.74, 6) is 0.207. The van der Waals surface area contributed by atoms with E-state index in [0.29, 0.717) is 0 Å². The van der Waals surface area contributed by atoms with Crippen LogP contribution in [0.15, 0.2) is 0 Å². The molecule has 1 atom stereocenters. The first kappa shape index (κ1) is 16.5. The first-order chi connectivity index (χ1) is 8.45. The molecule has 0 aromatic heterocycles. The number of hydrogen-bond donors (Lipinski definition) is 0. The van der Waals surface area contributed by atoms with Gasteiger partial charge in [0.2, 0.25) is 6.79 Å². The Balaban J connectivity index is 3.53. The fourth-order valence-electron chi connectivity index (χ4n) is 0.697. The van der Waals surface area contributed by atoms with Crippen molar-refractivity contribution in [3.8, 4) is 0 Å². The van der Waals surface area contributed by atoms with Crippen molar-refractivity contribution in [2.45, 2.75) is 26.9 Å². The highest BCUT2D eigenvalue weighted by Crippen LogP contribution is 1.96. The van der Waals surface area contributed by atoms with Crippen LogP contribution in [-0.4, -0.2) is 45.5 Å². The maximum Gasteiger partial charge on any atom is 0.511 e. The molecule has 18 heavy (non-hydrogen) atoms. The monoisotopic (exact) mass is 264 g/mol. The van der Waals surface area contributed by atoms with E-state index in [9.17, 15) is 9.59 Å². The van der Waals surface area contributed by atoms with E-state index in [2.05, 4.69) is 18.9 Å². The molecule has 1 unspecified atom stereocenters. The summed E-state index contributed by atoms with van der Waals surface area (Å²) in [7, 11) is 1.49. The minimum Gasteiger partial charge on any atom is -0.434 e. The van der Waals surface area contributed by atoms with Gasteiger partial charge in [-0.3, -0.25) is 0 Å². The number of carbonyl (C=O) groups is 2. The summed E-state index contributed by atoms with van der Waals surface area (Å²) in [4.78, 5) is 21.9. The van der Waals surface area contributed by atoms with Gasteiger partial charge >= 0.3 is 12.3 Å². The topological polar surface area (TPSA) is 80.3 Å². The second kappa shape index (κ2) is 9.52. The van der Waals surface area contributed by atoms with E-state index in [4.69, 9.17) is 4.74 Å². The Bertz CT molecular complexity index is 252. The van der Waals surface area contributed by atoms with Crippen LogP contribution in [0, 0.1) is 5.92 Å². The smallest absolute Gasteiger partial charge is 0.434 e. The first-order valence-electron chi connectivity index (χ1n) is 5.57. The summed E-state index contributed by atoms with van der Waals surface area (Å²) >= 11 is 0. The second-order valence-electron chi connectivity index (χ2n) is 3.97. The molecule has 0 bridgehead atoms. The molecule has 0 aromatic rings. The van der Waals surface area contributed by atoms with Gasteiger partial charge < -0.3 is 23.7 Å². The van der Waals surface area contributed by atoms with Gasteiger partial charge in [0.05, 0.1) is 12.7 Å². The third-order valence-corrected chi connectivity index (χ3v) is 1.73. The van der Waals surface area contributed by atoms with Gasteiger partial charge in [0, 0.05) is 7.11 Å². The number of ether oxygens (including phenoxy) is 5. The van der Waals surface area contributed by atoms with Crippen LogP contribution in [-0.2, 0) is 23.7 Å². The molecular weight excluding hydrogens is 244 g/mol. The lowest BCUT2D eigenvalue weighted by Crippen LogP contribution is -2.20. The lowest BCUT2D eigenvalue weighted by atomic mass is 10.2. The molecule has 0 amide bonds. The zero-order valence-corrected chi connectivity index (χ0v) is 11.1. The minimum atomic E-state index is -0.935. The van der Waals surface area contributed by atoms with E-state index in [1.165, 1.54) is 7.11 Å². The summed E-state index contributed by atoms with van der Waals surface area (Å²) < 4.78 is 23.2. The molecule has 106 valence electrons. The molecule has 0 saturated heterocycles. The van der Waals surface area contributed by atoms with E-state index in [1.807, 2.05) is 13.8 Å². The number of hydrogen-bond acceptors (Lipinski definition) is 7. The van der Waals surface area contributed by atoms with Crippen LogP contribution in [0.25, 0.3) is 0 Å². The van der Waals surface area contributed by atoms with Crippen LogP contribution in [0.2, 0.25) is 0 Å². The van der Waals surface area contributed by atoms with E-state index in [0.717, 1.165) is 0 Å². The third kappa shape index (κ3) is 9.71. The van der Waals surface area contributed by atoms with Crippen LogP contribution in [0.5, 0.6) is 0 Å². The molecule has 0 rings (SSSR count). The lowest BCUT2D eigenvalue weighted by molar-refractivity contribution is -0.0492. The average molecular weight is 264 g/mol. The number of methoxy groups -OCH3 is 1. The fraction of sp³-hybridized carbons (Fsp3) is 0.818. The Labute approximate surface area is 106 Å². The highest BCUT2D eigenvalue weighted by molar-refractivity contribution is 5.61. The molecule has 7 heteroatoms. The zero-order valence-electron chi connectivity index (χ0n) is 11.1. The predicted molar refractivity (Wildman–Crippen MR) is 61.0 cm³/mol. The van der Waals surface area contributed by atoms with Crippen molar-refractivity contribution in [2.24, 2.45) is 5.92 Å². The first-order valence-corrected chi connectivity index (χ1v) is 5.57. The summed E-state index contributed by atoms with van der Waals surface area (Å²) in [6.07, 6.45) is -2.05. The maximum atomic E-state index is 11.0. The van der Waals surface area contributed by atoms with E-state index < -0.39 is 19.1 Å². The molecule has 0 N–H and O–H groups in total. The predicted octanol–water partition coefficient (Wildman–Crippen LogP) is 1.94. The standard InChI is InChI=1S/C11H20O7/c1-8(2)5-15-10(12)17-7-18-11(13)16-6-9(3)14-4/h8-9H,5-7H2,1-4H3. The van der Waals surface area contributed by atoms with Gasteiger partial charge in [-0.1, -0.05) is 13.8 Å². The molecule has 0 aliphatic heterocycles. The molecule has 0 spiro atoms. The molecule has 0 aromatic carbocycles. The van der Waals surface area contributed by atoms with Crippen LogP contribution in [0.4, 0.5) is 9.59 Å². The molecule has 0 saturated carbocycles. The van der Waals surface area contributed by atoms with Gasteiger partial charge in [0.1, 0.15) is 6.61 Å². The highest BCUT2D eigenvalue weighted by atomic mass is 16.8. The average Bonchev–Trinajstić information content (AvgIpc) is 2.33. The molecule has 0 radical (unpaired) electrons. The van der Waals surface area contributed by atoms with Crippen molar-refractivity contribution in [1.29, 1.82) is 0 Å². The van der Waals surface area contributed by atoms with Gasteiger partial charge in [0.15, 0.2) is 0 Å². The summed E-state index contributed by atoms with van der Waals surface area (Å²) in [5, 5.41) is 0. The quantitative estimate of drug-likeness (QED) is 0.513. The van der Waals surface area contributed by atoms with Crippen molar-refractivity contribution in [3.05, 3.63) is 0 Å². The van der Waals surface area contributed by atoms with E-state index in [1.54, 1.807) is 6.92 Å². The summed E-state index contributed by atoms with van der Waals surface area (Å²) in [5.41, 5.74) is 0. The highest BCUT2D eigenvalue weighted by Gasteiger charge is 2.10. The minimum absolute atomic E-state index is 0.0626. The van der Waals surface area contributed by atoms with E-state index >= 15 is 0 Å². The zero-order chi connectivity index (χ0) is 14.0. The van der Waals surface area contributed by atoms with Crippen LogP contribution >= 0.6 is 0 Å². The Morgan fingerprint density at radius 2 is 1.39 bits per heavy atom. The van der Waals surface area contributed by atoms with Crippen molar-refractivity contribution in [1.82, 2.24) is 0 Å². The molecule has 7 nitrogen and oxygen atoms in total. The van der Waals surface area contributed by atoms with Crippen LogP contribution < -0.4 is 0 Å². The van der Waals surface area contributed by atoms with Gasteiger partial charge in [0.25, 0.3) is 0 Å². The number of rotatable bonds is 7. The van der Waals surface area contributed by atoms with E-state index in [-0.39, 0.29) is 25.2 Å². The molecule has 0 fully saturated rings. The molecule has 0 heterocycles. The Hall–Kier alpha value is -1.50. The Kier molecular flexibility index (Phi) is 8.73. The van der Waals surface area contributed by atoms with Crippen molar-refractivity contribution in [3.63, 3.8) is 0 Å². The summed E-state index contributed by atoms with van der Waals surface area (Å²) in [6.45, 7) is 5.27. The van der Waals surface area contributed by atoms with Gasteiger partial charge in [-0.05, 0) is 12.8 Å². The van der Waals surface area contributed by atoms with Gasteiger partial charge in [-0.25, -0.2) is 9.59 Å². The van der Waals surface area contributed by atoms with Crippen molar-refractivity contribution in [2.75, 3.05) is 27.1 Å². The Morgan fingerprint density at radius 1 is 0.889 bits per heavy atom. The van der Waals surface area contributed by atoms with Crippen molar-refractivity contribution >= 4 is 12.3 Å². The van der Waals surface area contributed by atoms with Crippen LogP contribution in [0.3, 0.4) is 0 Å². The maximum absolute atomic E-state index is 11.0. The Morgan fingerprint density at radius 3 is 1.83 bits per heavy atom. The van der Waals surface area contributed by atoms with Crippen molar-refractivity contribution < 1.29 is 33.3 Å². The lowest BCUT2D eigenvalue weighted by Gasteiger charge is -2.10. The number of carbonyl (C=O) groups excluding carboxylic acids is 2. The molecule has 0 aliphatic carbocycles. The summed E-state index contributed by atoms with van der Waals surface area (Å²) in [6, 6.07) is 0. The van der Waals surface area contributed by atoms with Gasteiger partial charge in [-0.15, -0.1) is 0 Å². The molecule has 0 aliphatic rings. The van der Waals surface area contributed by atoms with Gasteiger partial charge in [-0.2, -0.15) is 0 Å². The molecular formula is C11H20O7. The fourth-order valence-corrected chi connectivity index (χ4v) is 0.697. The largest absolute Gasteiger partial charge is 0.511 e. The second-order valence-corrected chi connectivity index (χ2v) is 3.97. The SMILES string of the molecule is COC(C)COC(=O)OCOC(=O)OCC(C)C. The van der Waals surface area contributed by atoms with Crippen LogP contribution in [0.1, 0.15) is 20.8 Å². The third-order valence-electron chi connectivity index (χ3n) is 1.73. The normalized spacial score (nSPS) is 11.8.